The van der Waals surface area contributed by atoms with Crippen LogP contribution in [-0.4, -0.2) is 27.3 Å². The summed E-state index contributed by atoms with van der Waals surface area (Å²) in [5, 5.41) is 0. The zero-order valence-electron chi connectivity index (χ0n) is 20.3. The van der Waals surface area contributed by atoms with Crippen molar-refractivity contribution in [3.05, 3.63) is 57.7 Å². The summed E-state index contributed by atoms with van der Waals surface area (Å²) in [6.07, 6.45) is 0. The van der Waals surface area contributed by atoms with E-state index in [4.69, 9.17) is 9.47 Å². The maximum absolute atomic E-state index is 5.37. The van der Waals surface area contributed by atoms with E-state index in [-0.39, 0.29) is 0 Å². The van der Waals surface area contributed by atoms with Gasteiger partial charge < -0.3 is 14.4 Å². The Bertz CT molecular complexity index is 983. The first-order valence-corrected chi connectivity index (χ1v) is 10.9. The maximum Gasteiger partial charge on any atom is 0.122 e. The van der Waals surface area contributed by atoms with Crippen LogP contribution < -0.4 is 14.4 Å². The highest BCUT2D eigenvalue weighted by atomic mass is 16.5. The van der Waals surface area contributed by atoms with Gasteiger partial charge in [-0.3, -0.25) is 0 Å². The monoisotopic (exact) mass is 407 g/mol. The summed E-state index contributed by atoms with van der Waals surface area (Å²) in [5.41, 5.74) is 11.1. The molecule has 2 aromatic rings. The van der Waals surface area contributed by atoms with Gasteiger partial charge in [-0.25, -0.2) is 0 Å². The van der Waals surface area contributed by atoms with Gasteiger partial charge in [0.05, 0.1) is 14.2 Å². The van der Waals surface area contributed by atoms with Crippen molar-refractivity contribution in [1.29, 1.82) is 0 Å². The molecule has 1 aliphatic carbocycles. The minimum absolute atomic E-state index is 0.560. The Labute approximate surface area is 182 Å². The quantitative estimate of drug-likeness (QED) is 0.543. The normalized spacial score (nSPS) is 21.8. The molecule has 30 heavy (non-hydrogen) atoms. The number of rotatable bonds is 2. The summed E-state index contributed by atoms with van der Waals surface area (Å²) < 4.78 is 10.7. The molecule has 0 amide bonds. The molecule has 0 saturated heterocycles. The molecule has 2 aliphatic rings. The average molecular weight is 408 g/mol. The SMILES string of the molecule is COc1ccc2c(c1C)C(C)=C(C)C2C.COc1ccc2c(c1C)C(C)C(C)N2C. The lowest BCUT2D eigenvalue weighted by atomic mass is 9.94. The molecule has 2 aromatic carbocycles. The van der Waals surface area contributed by atoms with Crippen LogP contribution in [0.5, 0.6) is 11.5 Å². The number of hydrogen-bond acceptors (Lipinski definition) is 3. The summed E-state index contributed by atoms with van der Waals surface area (Å²) in [5.74, 6) is 3.14. The second-order valence-electron chi connectivity index (χ2n) is 8.85. The molecule has 1 aliphatic heterocycles. The van der Waals surface area contributed by atoms with E-state index >= 15 is 0 Å². The number of fused-ring (bicyclic) bond motifs is 2. The Morgan fingerprint density at radius 1 is 0.800 bits per heavy atom. The van der Waals surface area contributed by atoms with Crippen molar-refractivity contribution >= 4 is 11.3 Å². The number of anilines is 1. The van der Waals surface area contributed by atoms with Crippen LogP contribution in [-0.2, 0) is 0 Å². The first kappa shape index (κ1) is 22.3. The Kier molecular flexibility index (Phi) is 6.21. The Morgan fingerprint density at radius 3 is 1.97 bits per heavy atom. The van der Waals surface area contributed by atoms with E-state index < -0.39 is 0 Å². The van der Waals surface area contributed by atoms with Gasteiger partial charge in [0.2, 0.25) is 0 Å². The highest BCUT2D eigenvalue weighted by Gasteiger charge is 2.32. The number of nitrogens with zero attached hydrogens (tertiary/aromatic N) is 1. The van der Waals surface area contributed by atoms with Gasteiger partial charge in [0.25, 0.3) is 0 Å². The van der Waals surface area contributed by atoms with Gasteiger partial charge in [-0.15, -0.1) is 0 Å². The zero-order valence-corrected chi connectivity index (χ0v) is 20.3. The average Bonchev–Trinajstić information content (AvgIpc) is 3.10. The van der Waals surface area contributed by atoms with E-state index in [0.717, 1.165) is 11.5 Å². The lowest BCUT2D eigenvalue weighted by Crippen LogP contribution is -2.25. The molecule has 3 heteroatoms. The molecule has 0 bridgehead atoms. The number of benzene rings is 2. The van der Waals surface area contributed by atoms with Crippen molar-refractivity contribution in [3.63, 3.8) is 0 Å². The van der Waals surface area contributed by atoms with Gasteiger partial charge in [-0.2, -0.15) is 0 Å². The molecule has 1 heterocycles. The smallest absolute Gasteiger partial charge is 0.122 e. The van der Waals surface area contributed by atoms with E-state index in [9.17, 15) is 0 Å². The van der Waals surface area contributed by atoms with Crippen LogP contribution in [0.25, 0.3) is 5.57 Å². The number of hydrogen-bond donors (Lipinski definition) is 0. The fourth-order valence-electron chi connectivity index (χ4n) is 5.14. The first-order chi connectivity index (χ1) is 14.1. The topological polar surface area (TPSA) is 21.7 Å². The minimum Gasteiger partial charge on any atom is -0.496 e. The fourth-order valence-corrected chi connectivity index (χ4v) is 5.14. The molecule has 3 nitrogen and oxygen atoms in total. The largest absolute Gasteiger partial charge is 0.496 e. The molecule has 0 saturated carbocycles. The second kappa shape index (κ2) is 8.37. The number of likely N-dealkylation sites (N-methyl/N-ethyl adjacent to an activating group) is 1. The second-order valence-corrected chi connectivity index (χ2v) is 8.85. The van der Waals surface area contributed by atoms with Crippen LogP contribution in [0, 0.1) is 13.8 Å². The van der Waals surface area contributed by atoms with Gasteiger partial charge in [0.1, 0.15) is 11.5 Å². The van der Waals surface area contributed by atoms with Gasteiger partial charge in [0, 0.05) is 30.6 Å². The van der Waals surface area contributed by atoms with Gasteiger partial charge in [-0.05, 0) is 86.2 Å². The van der Waals surface area contributed by atoms with Crippen LogP contribution in [0.4, 0.5) is 5.69 Å². The van der Waals surface area contributed by atoms with Gasteiger partial charge in [-0.1, -0.05) is 25.5 Å². The molecule has 162 valence electrons. The minimum atomic E-state index is 0.560. The van der Waals surface area contributed by atoms with Crippen molar-refractivity contribution in [2.45, 2.75) is 66.3 Å². The number of ether oxygens (including phenoxy) is 2. The van der Waals surface area contributed by atoms with E-state index in [1.54, 1.807) is 14.2 Å². The maximum atomic E-state index is 5.37. The number of methoxy groups -OCH3 is 2. The lowest BCUT2D eigenvalue weighted by molar-refractivity contribution is 0.411. The first-order valence-electron chi connectivity index (χ1n) is 10.9. The fraction of sp³-hybridized carbons (Fsp3) is 0.481. The summed E-state index contributed by atoms with van der Waals surface area (Å²) in [4.78, 5) is 2.35. The van der Waals surface area contributed by atoms with Crippen molar-refractivity contribution in [2.24, 2.45) is 0 Å². The van der Waals surface area contributed by atoms with Crippen molar-refractivity contribution < 1.29 is 9.47 Å². The van der Waals surface area contributed by atoms with E-state index in [2.05, 4.69) is 84.7 Å². The molecule has 3 unspecified atom stereocenters. The summed E-state index contributed by atoms with van der Waals surface area (Å²) in [7, 11) is 5.64. The zero-order chi connectivity index (χ0) is 22.3. The molecule has 3 atom stereocenters. The van der Waals surface area contributed by atoms with Crippen molar-refractivity contribution in [3.8, 4) is 11.5 Å². The molecule has 0 spiro atoms. The Hall–Kier alpha value is -2.42. The molecule has 0 radical (unpaired) electrons. The highest BCUT2D eigenvalue weighted by molar-refractivity contribution is 5.80. The predicted octanol–water partition coefficient (Wildman–Crippen LogP) is 6.86. The summed E-state index contributed by atoms with van der Waals surface area (Å²) in [6.45, 7) is 15.6. The Morgan fingerprint density at radius 2 is 1.37 bits per heavy atom. The summed E-state index contributed by atoms with van der Waals surface area (Å²) >= 11 is 0. The molecular formula is C27H37NO2. The van der Waals surface area contributed by atoms with Crippen molar-refractivity contribution in [2.75, 3.05) is 26.2 Å². The third-order valence-corrected chi connectivity index (χ3v) is 7.58. The molecule has 0 fully saturated rings. The van der Waals surface area contributed by atoms with Crippen LogP contribution in [0.1, 0.15) is 74.3 Å². The van der Waals surface area contributed by atoms with Crippen LogP contribution >= 0.6 is 0 Å². The predicted molar refractivity (Wildman–Crippen MR) is 128 cm³/mol. The summed E-state index contributed by atoms with van der Waals surface area (Å²) in [6, 6.07) is 9.09. The van der Waals surface area contributed by atoms with E-state index in [1.165, 1.54) is 44.7 Å². The molecule has 0 N–H and O–H groups in total. The van der Waals surface area contributed by atoms with Crippen LogP contribution in [0.2, 0.25) is 0 Å². The third kappa shape index (κ3) is 3.38. The van der Waals surface area contributed by atoms with Crippen LogP contribution in [0.3, 0.4) is 0 Å². The standard InChI is InChI=1S/C14H18O.C13H19NO/c1-8-9(2)12-6-7-13(15-5)11(4)14(12)10(8)3;1-8-10(3)14(4)11-6-7-12(15-5)9(2)13(8)11/h6-7,9H,1-5H3;6-8,10H,1-5H3. The third-order valence-electron chi connectivity index (χ3n) is 7.58. The van der Waals surface area contributed by atoms with Gasteiger partial charge in [0.15, 0.2) is 0 Å². The molecule has 4 rings (SSSR count). The van der Waals surface area contributed by atoms with Crippen LogP contribution in [0.15, 0.2) is 29.8 Å². The molecular weight excluding hydrogens is 370 g/mol. The lowest BCUT2D eigenvalue weighted by Gasteiger charge is -2.20. The van der Waals surface area contributed by atoms with Crippen molar-refractivity contribution in [1.82, 2.24) is 0 Å². The Balaban J connectivity index is 0.000000171. The van der Waals surface area contributed by atoms with E-state index in [0.29, 0.717) is 17.9 Å². The molecule has 0 aromatic heterocycles. The van der Waals surface area contributed by atoms with Gasteiger partial charge >= 0.3 is 0 Å². The number of allylic oxidation sites excluding steroid dienone is 2. The van der Waals surface area contributed by atoms with E-state index in [1.807, 2.05) is 0 Å². The highest BCUT2D eigenvalue weighted by Crippen LogP contribution is 2.45.